The standard InChI is InChI=1S/C7H4N6S/c8-3-5-4-14-7(11-5)13-12-6-9-1-2-10-6/h1-2,4H,(H,9,10)/b13-12+. The van der Waals surface area contributed by atoms with Crippen molar-refractivity contribution in [2.45, 2.75) is 0 Å². The van der Waals surface area contributed by atoms with Gasteiger partial charge in [-0.3, -0.25) is 0 Å². The molecular weight excluding hydrogens is 200 g/mol. The summed E-state index contributed by atoms with van der Waals surface area (Å²) >= 11 is 1.26. The van der Waals surface area contributed by atoms with Gasteiger partial charge in [-0.2, -0.15) is 5.26 Å². The van der Waals surface area contributed by atoms with E-state index >= 15 is 0 Å². The van der Waals surface area contributed by atoms with Crippen LogP contribution in [0.4, 0.5) is 11.1 Å². The maximum Gasteiger partial charge on any atom is 0.246 e. The van der Waals surface area contributed by atoms with Crippen LogP contribution in [-0.2, 0) is 0 Å². The van der Waals surface area contributed by atoms with Crippen LogP contribution in [-0.4, -0.2) is 15.0 Å². The van der Waals surface area contributed by atoms with Gasteiger partial charge in [0.2, 0.25) is 11.1 Å². The SMILES string of the molecule is N#Cc1csc(/N=N/c2ncc[nH]2)n1. The number of H-pyrrole nitrogens is 1. The van der Waals surface area contributed by atoms with Crippen LogP contribution in [0.1, 0.15) is 5.69 Å². The zero-order chi connectivity index (χ0) is 9.80. The molecule has 0 spiro atoms. The Balaban J connectivity index is 2.15. The lowest BCUT2D eigenvalue weighted by atomic mass is 10.6. The van der Waals surface area contributed by atoms with E-state index in [2.05, 4.69) is 25.2 Å². The van der Waals surface area contributed by atoms with Gasteiger partial charge in [0.25, 0.3) is 0 Å². The number of azo groups is 1. The second-order valence-electron chi connectivity index (χ2n) is 2.24. The lowest BCUT2D eigenvalue weighted by Crippen LogP contribution is -1.68. The third-order valence-corrected chi connectivity index (χ3v) is 2.05. The van der Waals surface area contributed by atoms with E-state index < -0.39 is 0 Å². The molecule has 2 aromatic heterocycles. The number of rotatable bonds is 2. The molecule has 0 saturated heterocycles. The first kappa shape index (κ1) is 8.52. The van der Waals surface area contributed by atoms with Gasteiger partial charge in [-0.25, -0.2) is 9.97 Å². The summed E-state index contributed by atoms with van der Waals surface area (Å²) in [4.78, 5) is 10.5. The first-order valence-electron chi connectivity index (χ1n) is 3.65. The molecule has 0 atom stereocenters. The van der Waals surface area contributed by atoms with Gasteiger partial charge in [0, 0.05) is 17.8 Å². The molecule has 0 aromatic carbocycles. The van der Waals surface area contributed by atoms with Crippen LogP contribution in [0.5, 0.6) is 0 Å². The zero-order valence-electron chi connectivity index (χ0n) is 6.88. The fourth-order valence-electron chi connectivity index (χ4n) is 0.763. The minimum atomic E-state index is 0.350. The summed E-state index contributed by atoms with van der Waals surface area (Å²) in [5, 5.41) is 18.2. The molecule has 0 unspecified atom stereocenters. The first-order valence-corrected chi connectivity index (χ1v) is 4.53. The number of imidazole rings is 1. The third kappa shape index (κ3) is 1.81. The fourth-order valence-corrected chi connectivity index (χ4v) is 1.32. The maximum atomic E-state index is 8.51. The molecule has 0 bridgehead atoms. The van der Waals surface area contributed by atoms with Crippen LogP contribution in [0, 0.1) is 11.3 Å². The molecule has 14 heavy (non-hydrogen) atoms. The highest BCUT2D eigenvalue weighted by Crippen LogP contribution is 2.19. The van der Waals surface area contributed by atoms with E-state index in [4.69, 9.17) is 5.26 Å². The molecule has 0 radical (unpaired) electrons. The summed E-state index contributed by atoms with van der Waals surface area (Å²) < 4.78 is 0. The fraction of sp³-hybridized carbons (Fsp3) is 0. The average Bonchev–Trinajstić information content (AvgIpc) is 2.86. The van der Waals surface area contributed by atoms with Crippen molar-refractivity contribution in [3.63, 3.8) is 0 Å². The highest BCUT2D eigenvalue weighted by Gasteiger charge is 1.98. The summed E-state index contributed by atoms with van der Waals surface area (Å²) in [6, 6.07) is 1.91. The molecule has 0 amide bonds. The third-order valence-electron chi connectivity index (χ3n) is 1.32. The molecule has 2 heterocycles. The molecule has 0 fully saturated rings. The Kier molecular flexibility index (Phi) is 2.29. The Hall–Kier alpha value is -2.07. The van der Waals surface area contributed by atoms with Crippen LogP contribution < -0.4 is 0 Å². The molecular formula is C7H4N6S. The van der Waals surface area contributed by atoms with Crippen LogP contribution in [0.15, 0.2) is 28.0 Å². The normalized spacial score (nSPS) is 10.5. The van der Waals surface area contributed by atoms with Crippen molar-refractivity contribution < 1.29 is 0 Å². The van der Waals surface area contributed by atoms with E-state index in [1.807, 2.05) is 6.07 Å². The van der Waals surface area contributed by atoms with Crippen LogP contribution in [0.3, 0.4) is 0 Å². The van der Waals surface area contributed by atoms with E-state index in [0.717, 1.165) is 0 Å². The number of nitrogens with zero attached hydrogens (tertiary/aromatic N) is 5. The van der Waals surface area contributed by atoms with Gasteiger partial charge in [0.15, 0.2) is 5.69 Å². The monoisotopic (exact) mass is 204 g/mol. The zero-order valence-corrected chi connectivity index (χ0v) is 7.69. The number of hydrogen-bond acceptors (Lipinski definition) is 6. The molecule has 2 aromatic rings. The molecule has 68 valence electrons. The summed E-state index contributed by atoms with van der Waals surface area (Å²) in [6.07, 6.45) is 3.23. The van der Waals surface area contributed by atoms with Gasteiger partial charge in [0.05, 0.1) is 0 Å². The smallest absolute Gasteiger partial charge is 0.246 e. The van der Waals surface area contributed by atoms with Crippen molar-refractivity contribution >= 4 is 22.4 Å². The lowest BCUT2D eigenvalue weighted by Gasteiger charge is -1.80. The number of aromatic amines is 1. The van der Waals surface area contributed by atoms with Gasteiger partial charge in [0.1, 0.15) is 6.07 Å². The molecule has 2 rings (SSSR count). The summed E-state index contributed by atoms with van der Waals surface area (Å²) in [7, 11) is 0. The van der Waals surface area contributed by atoms with E-state index in [9.17, 15) is 0 Å². The number of hydrogen-bond donors (Lipinski definition) is 1. The second-order valence-corrected chi connectivity index (χ2v) is 3.08. The molecule has 1 N–H and O–H groups in total. The van der Waals surface area contributed by atoms with E-state index in [0.29, 0.717) is 16.8 Å². The Morgan fingerprint density at radius 2 is 2.43 bits per heavy atom. The highest BCUT2D eigenvalue weighted by molar-refractivity contribution is 7.13. The minimum absolute atomic E-state index is 0.350. The predicted molar refractivity (Wildman–Crippen MR) is 49.6 cm³/mol. The Morgan fingerprint density at radius 3 is 3.07 bits per heavy atom. The maximum absolute atomic E-state index is 8.51. The van der Waals surface area contributed by atoms with Crippen LogP contribution >= 0.6 is 11.3 Å². The highest BCUT2D eigenvalue weighted by atomic mass is 32.1. The van der Waals surface area contributed by atoms with Gasteiger partial charge in [-0.05, 0) is 0 Å². The molecule has 0 aliphatic carbocycles. The number of aromatic nitrogens is 3. The summed E-state index contributed by atoms with van der Waals surface area (Å²) in [5.74, 6) is 0.415. The number of thiazole rings is 1. The molecule has 0 aliphatic heterocycles. The number of nitrogens with one attached hydrogen (secondary N) is 1. The molecule has 6 nitrogen and oxygen atoms in total. The van der Waals surface area contributed by atoms with Gasteiger partial charge >= 0.3 is 0 Å². The largest absolute Gasteiger partial charge is 0.328 e. The van der Waals surface area contributed by atoms with Crippen LogP contribution in [0.2, 0.25) is 0 Å². The predicted octanol–water partition coefficient (Wildman–Crippen LogP) is 2.15. The molecule has 0 aliphatic rings. The summed E-state index contributed by atoms with van der Waals surface area (Å²) in [5.41, 5.74) is 0.350. The Morgan fingerprint density at radius 1 is 1.50 bits per heavy atom. The molecule has 7 heteroatoms. The quantitative estimate of drug-likeness (QED) is 0.760. The Labute approximate surface area is 83.0 Å². The van der Waals surface area contributed by atoms with Crippen LogP contribution in [0.25, 0.3) is 0 Å². The van der Waals surface area contributed by atoms with Gasteiger partial charge < -0.3 is 4.98 Å². The summed E-state index contributed by atoms with van der Waals surface area (Å²) in [6.45, 7) is 0. The Bertz CT molecular complexity index is 477. The van der Waals surface area contributed by atoms with Crippen molar-refractivity contribution in [3.8, 4) is 6.07 Å². The molecule has 0 saturated carbocycles. The van der Waals surface area contributed by atoms with Crippen molar-refractivity contribution in [2.75, 3.05) is 0 Å². The minimum Gasteiger partial charge on any atom is -0.328 e. The average molecular weight is 204 g/mol. The van der Waals surface area contributed by atoms with E-state index in [-0.39, 0.29) is 0 Å². The van der Waals surface area contributed by atoms with Crippen molar-refractivity contribution in [3.05, 3.63) is 23.5 Å². The first-order chi connectivity index (χ1) is 6.88. The van der Waals surface area contributed by atoms with E-state index in [1.54, 1.807) is 17.8 Å². The van der Waals surface area contributed by atoms with Gasteiger partial charge in [-0.1, -0.05) is 0 Å². The second kappa shape index (κ2) is 3.76. The topological polar surface area (TPSA) is 90.1 Å². The van der Waals surface area contributed by atoms with Gasteiger partial charge in [-0.15, -0.1) is 21.6 Å². The number of nitriles is 1. The van der Waals surface area contributed by atoms with E-state index in [1.165, 1.54) is 11.3 Å². The lowest BCUT2D eigenvalue weighted by molar-refractivity contribution is 1.11. The van der Waals surface area contributed by atoms with Crippen molar-refractivity contribution in [1.82, 2.24) is 15.0 Å². The van der Waals surface area contributed by atoms with Crippen molar-refractivity contribution in [1.29, 1.82) is 5.26 Å². The van der Waals surface area contributed by atoms with Crippen molar-refractivity contribution in [2.24, 2.45) is 10.2 Å².